The van der Waals surface area contributed by atoms with E-state index >= 15 is 0 Å². The summed E-state index contributed by atoms with van der Waals surface area (Å²) >= 11 is 5.04. The van der Waals surface area contributed by atoms with Crippen LogP contribution < -0.4 is 0 Å². The summed E-state index contributed by atoms with van der Waals surface area (Å²) in [6.07, 6.45) is 4.16. The molecule has 0 aliphatic heterocycles. The monoisotopic (exact) mass is 346 g/mol. The first-order valence-corrected chi connectivity index (χ1v) is 8.18. The highest BCUT2D eigenvalue weighted by Gasteiger charge is 2.38. The summed E-state index contributed by atoms with van der Waals surface area (Å²) in [5.74, 6) is -0.752. The Morgan fingerprint density at radius 3 is 2.63 bits per heavy atom. The van der Waals surface area contributed by atoms with E-state index in [0.29, 0.717) is 6.42 Å². The van der Waals surface area contributed by atoms with Gasteiger partial charge in [-0.15, -0.1) is 11.3 Å². The lowest BCUT2D eigenvalue weighted by molar-refractivity contribution is -0.140. The predicted molar refractivity (Wildman–Crippen MR) is 79.5 cm³/mol. The number of carboxylic acid groups (broad SMARTS) is 1. The maximum absolute atomic E-state index is 11.1. The zero-order valence-corrected chi connectivity index (χ0v) is 13.4. The first kappa shape index (κ1) is 15.0. The second-order valence-electron chi connectivity index (χ2n) is 5.56. The Balaban J connectivity index is 2.13. The summed E-state index contributed by atoms with van der Waals surface area (Å²) < 4.78 is 1.01. The van der Waals surface area contributed by atoms with E-state index < -0.39 is 12.1 Å². The Morgan fingerprint density at radius 2 is 2.16 bits per heavy atom. The van der Waals surface area contributed by atoms with E-state index in [2.05, 4.69) is 15.9 Å². The molecule has 0 spiro atoms. The largest absolute Gasteiger partial charge is 0.481 e. The second kappa shape index (κ2) is 5.94. The van der Waals surface area contributed by atoms with Gasteiger partial charge in [0.1, 0.15) is 0 Å². The third-order valence-corrected chi connectivity index (χ3v) is 5.67. The van der Waals surface area contributed by atoms with E-state index in [1.54, 1.807) is 11.3 Å². The molecule has 1 unspecified atom stereocenters. The van der Waals surface area contributed by atoms with E-state index in [4.69, 9.17) is 5.11 Å². The molecule has 0 aromatic carbocycles. The van der Waals surface area contributed by atoms with Gasteiger partial charge < -0.3 is 10.2 Å². The van der Waals surface area contributed by atoms with Gasteiger partial charge in [0.15, 0.2) is 0 Å². The molecular formula is C14H19BrO3S. The lowest BCUT2D eigenvalue weighted by Gasteiger charge is -2.29. The van der Waals surface area contributed by atoms with Crippen LogP contribution in [0.4, 0.5) is 0 Å². The summed E-state index contributed by atoms with van der Waals surface area (Å²) in [5.41, 5.74) is 0.722. The van der Waals surface area contributed by atoms with Crippen LogP contribution in [0.25, 0.3) is 0 Å². The first-order chi connectivity index (χ1) is 8.92. The minimum Gasteiger partial charge on any atom is -0.481 e. The quantitative estimate of drug-likeness (QED) is 0.836. The zero-order valence-electron chi connectivity index (χ0n) is 11.0. The molecule has 5 heteroatoms. The highest BCUT2D eigenvalue weighted by atomic mass is 79.9. The molecule has 0 radical (unpaired) electrons. The number of thiophene rings is 1. The molecule has 1 aliphatic rings. The molecule has 1 aromatic heterocycles. The maximum atomic E-state index is 11.1. The van der Waals surface area contributed by atoms with Crippen molar-refractivity contribution >= 4 is 33.2 Å². The number of halogens is 1. The molecular weight excluding hydrogens is 328 g/mol. The van der Waals surface area contributed by atoms with Crippen LogP contribution in [0.2, 0.25) is 0 Å². The molecule has 2 rings (SSSR count). The van der Waals surface area contributed by atoms with Gasteiger partial charge in [0.2, 0.25) is 0 Å². The number of carbonyl (C=O) groups is 1. The van der Waals surface area contributed by atoms with Crippen LogP contribution in [0.5, 0.6) is 0 Å². The van der Waals surface area contributed by atoms with Gasteiger partial charge in [-0.05, 0) is 59.2 Å². The van der Waals surface area contributed by atoms with Crippen LogP contribution >= 0.6 is 27.3 Å². The van der Waals surface area contributed by atoms with Gasteiger partial charge in [-0.2, -0.15) is 0 Å². The highest BCUT2D eigenvalue weighted by Crippen LogP contribution is 2.48. The zero-order chi connectivity index (χ0) is 14.0. The molecule has 1 saturated carbocycles. The van der Waals surface area contributed by atoms with Gasteiger partial charge in [-0.25, -0.2) is 0 Å². The second-order valence-corrected chi connectivity index (χ2v) is 8.20. The smallest absolute Gasteiger partial charge is 0.303 e. The fourth-order valence-electron chi connectivity index (χ4n) is 3.21. The van der Waals surface area contributed by atoms with E-state index in [9.17, 15) is 9.90 Å². The average Bonchev–Trinajstić information content (AvgIpc) is 2.85. The molecule has 0 amide bonds. The topological polar surface area (TPSA) is 57.5 Å². The molecule has 1 fully saturated rings. The van der Waals surface area contributed by atoms with Crippen LogP contribution in [0.1, 0.15) is 55.1 Å². The van der Waals surface area contributed by atoms with Crippen LogP contribution in [-0.4, -0.2) is 16.2 Å². The van der Waals surface area contributed by atoms with Crippen molar-refractivity contribution in [2.45, 2.75) is 51.6 Å². The summed E-state index contributed by atoms with van der Waals surface area (Å²) in [5, 5.41) is 19.5. The number of aliphatic hydroxyl groups is 1. The van der Waals surface area contributed by atoms with Gasteiger partial charge in [-0.1, -0.05) is 12.8 Å². The molecule has 1 heterocycles. The molecule has 106 valence electrons. The van der Waals surface area contributed by atoms with Gasteiger partial charge in [-0.3, -0.25) is 4.79 Å². The third kappa shape index (κ3) is 3.58. The van der Waals surface area contributed by atoms with Crippen LogP contribution in [0.3, 0.4) is 0 Å². The molecule has 1 aromatic rings. The summed E-state index contributed by atoms with van der Waals surface area (Å²) in [6, 6.07) is 1.95. The van der Waals surface area contributed by atoms with E-state index in [1.165, 1.54) is 0 Å². The fraction of sp³-hybridized carbons (Fsp3) is 0.643. The van der Waals surface area contributed by atoms with Gasteiger partial charge in [0, 0.05) is 4.88 Å². The van der Waals surface area contributed by atoms with E-state index in [1.807, 2.05) is 13.0 Å². The van der Waals surface area contributed by atoms with Crippen molar-refractivity contribution in [1.82, 2.24) is 0 Å². The minimum atomic E-state index is -0.752. The SMILES string of the molecule is Cc1sc(Br)cc1C(O)CC1(CC(=O)O)CCCC1. The Kier molecular flexibility index (Phi) is 4.69. The number of aliphatic carboxylic acids is 1. The summed E-state index contributed by atoms with van der Waals surface area (Å²) in [6.45, 7) is 1.99. The number of carboxylic acids is 1. The van der Waals surface area contributed by atoms with E-state index in [0.717, 1.165) is 39.9 Å². The number of hydrogen-bond acceptors (Lipinski definition) is 3. The first-order valence-electron chi connectivity index (χ1n) is 6.58. The normalized spacial score (nSPS) is 19.5. The standard InChI is InChI=1S/C14H19BrO3S/c1-9-10(6-12(15)19-9)11(16)7-14(8-13(17)18)4-2-3-5-14/h6,11,16H,2-5,7-8H2,1H3,(H,17,18). The third-order valence-electron chi connectivity index (χ3n) is 4.10. The lowest BCUT2D eigenvalue weighted by atomic mass is 9.76. The number of aliphatic hydroxyl groups excluding tert-OH is 1. The maximum Gasteiger partial charge on any atom is 0.303 e. The highest BCUT2D eigenvalue weighted by molar-refractivity contribution is 9.11. The van der Waals surface area contributed by atoms with E-state index in [-0.39, 0.29) is 11.8 Å². The number of rotatable bonds is 5. The average molecular weight is 347 g/mol. The minimum absolute atomic E-state index is 0.175. The summed E-state index contributed by atoms with van der Waals surface area (Å²) in [4.78, 5) is 12.2. The van der Waals surface area contributed by atoms with Gasteiger partial charge in [0.05, 0.1) is 16.3 Å². The lowest BCUT2D eigenvalue weighted by Crippen LogP contribution is -2.24. The molecule has 3 nitrogen and oxygen atoms in total. The van der Waals surface area contributed by atoms with Crippen molar-refractivity contribution < 1.29 is 15.0 Å². The Hall–Kier alpha value is -0.390. The van der Waals surface area contributed by atoms with Crippen molar-refractivity contribution in [2.24, 2.45) is 5.41 Å². The van der Waals surface area contributed by atoms with Crippen LogP contribution in [-0.2, 0) is 4.79 Å². The predicted octanol–water partition coefficient (Wildman–Crippen LogP) is 4.28. The van der Waals surface area contributed by atoms with Crippen LogP contribution in [0.15, 0.2) is 9.85 Å². The molecule has 0 saturated heterocycles. The summed E-state index contributed by atoms with van der Waals surface area (Å²) in [7, 11) is 0. The van der Waals surface area contributed by atoms with Crippen molar-refractivity contribution in [3.05, 3.63) is 20.3 Å². The number of hydrogen-bond donors (Lipinski definition) is 2. The molecule has 1 atom stereocenters. The van der Waals surface area contributed by atoms with Crippen molar-refractivity contribution in [3.63, 3.8) is 0 Å². The van der Waals surface area contributed by atoms with Crippen molar-refractivity contribution in [1.29, 1.82) is 0 Å². The number of aryl methyl sites for hydroxylation is 1. The molecule has 19 heavy (non-hydrogen) atoms. The Bertz CT molecular complexity index is 463. The van der Waals surface area contributed by atoms with Gasteiger partial charge in [0.25, 0.3) is 0 Å². The van der Waals surface area contributed by atoms with Crippen LogP contribution in [0, 0.1) is 12.3 Å². The molecule has 1 aliphatic carbocycles. The fourth-order valence-corrected chi connectivity index (χ4v) is 4.97. The van der Waals surface area contributed by atoms with Crippen molar-refractivity contribution in [3.8, 4) is 0 Å². The molecule has 2 N–H and O–H groups in total. The van der Waals surface area contributed by atoms with Gasteiger partial charge >= 0.3 is 5.97 Å². The van der Waals surface area contributed by atoms with Crippen molar-refractivity contribution in [2.75, 3.05) is 0 Å². The Morgan fingerprint density at radius 1 is 1.53 bits per heavy atom. The Labute approximate surface area is 125 Å². The molecule has 0 bridgehead atoms.